The second kappa shape index (κ2) is 7.43. The number of fused-ring (bicyclic) bond motifs is 1. The lowest BCUT2D eigenvalue weighted by Crippen LogP contribution is -2.33. The second-order valence-electron chi connectivity index (χ2n) is 4.78. The van der Waals surface area contributed by atoms with Crippen molar-refractivity contribution in [2.75, 3.05) is 25.2 Å². The lowest BCUT2D eigenvalue weighted by molar-refractivity contribution is -0.125. The summed E-state index contributed by atoms with van der Waals surface area (Å²) in [6.07, 6.45) is 4.70. The molecule has 0 fully saturated rings. The maximum absolute atomic E-state index is 12.2. The first-order chi connectivity index (χ1) is 9.31. The fourth-order valence-corrected chi connectivity index (χ4v) is 2.72. The molecule has 1 amide bonds. The van der Waals surface area contributed by atoms with Crippen LogP contribution in [-0.2, 0) is 11.2 Å². The number of thioether (sulfide) groups is 1. The van der Waals surface area contributed by atoms with Crippen LogP contribution in [0, 0.1) is 5.92 Å². The SMILES string of the molecule is CSCCCNC(=O)[C@H]1CCOc2ccccc2C1. The van der Waals surface area contributed by atoms with Crippen LogP contribution < -0.4 is 10.1 Å². The third kappa shape index (κ3) is 4.16. The van der Waals surface area contributed by atoms with Crippen LogP contribution in [0.3, 0.4) is 0 Å². The summed E-state index contributed by atoms with van der Waals surface area (Å²) in [7, 11) is 0. The molecule has 0 saturated carbocycles. The van der Waals surface area contributed by atoms with Gasteiger partial charge in [0.2, 0.25) is 5.91 Å². The number of hydrogen-bond acceptors (Lipinski definition) is 3. The first-order valence-electron chi connectivity index (χ1n) is 6.78. The van der Waals surface area contributed by atoms with Gasteiger partial charge < -0.3 is 10.1 Å². The summed E-state index contributed by atoms with van der Waals surface area (Å²) in [6.45, 7) is 1.40. The minimum atomic E-state index is 0.0397. The zero-order chi connectivity index (χ0) is 13.5. The average molecular weight is 279 g/mol. The van der Waals surface area contributed by atoms with Gasteiger partial charge in [0.05, 0.1) is 6.61 Å². The number of nitrogens with one attached hydrogen (secondary N) is 1. The fourth-order valence-electron chi connectivity index (χ4n) is 2.29. The van der Waals surface area contributed by atoms with Crippen molar-refractivity contribution in [1.82, 2.24) is 5.32 Å². The Morgan fingerprint density at radius 3 is 3.16 bits per heavy atom. The molecule has 3 nitrogen and oxygen atoms in total. The zero-order valence-corrected chi connectivity index (χ0v) is 12.2. The number of carbonyl (C=O) groups is 1. The topological polar surface area (TPSA) is 38.3 Å². The van der Waals surface area contributed by atoms with E-state index in [9.17, 15) is 4.79 Å². The highest BCUT2D eigenvalue weighted by Gasteiger charge is 2.23. The minimum absolute atomic E-state index is 0.0397. The first-order valence-corrected chi connectivity index (χ1v) is 8.18. The first kappa shape index (κ1) is 14.3. The molecule has 104 valence electrons. The van der Waals surface area contributed by atoms with Gasteiger partial charge in [0.1, 0.15) is 5.75 Å². The van der Waals surface area contributed by atoms with Crippen LogP contribution in [0.25, 0.3) is 0 Å². The second-order valence-corrected chi connectivity index (χ2v) is 5.77. The molecule has 0 spiro atoms. The summed E-state index contributed by atoms with van der Waals surface area (Å²) in [4.78, 5) is 12.2. The van der Waals surface area contributed by atoms with Crippen LogP contribution in [0.1, 0.15) is 18.4 Å². The molecule has 1 heterocycles. The molecule has 19 heavy (non-hydrogen) atoms. The monoisotopic (exact) mass is 279 g/mol. The summed E-state index contributed by atoms with van der Waals surface area (Å²) in [5.74, 6) is 2.23. The molecule has 1 aromatic carbocycles. The maximum atomic E-state index is 12.2. The van der Waals surface area contributed by atoms with Crippen molar-refractivity contribution in [2.45, 2.75) is 19.3 Å². The molecule has 0 unspecified atom stereocenters. The van der Waals surface area contributed by atoms with Gasteiger partial charge in [-0.15, -0.1) is 0 Å². The van der Waals surface area contributed by atoms with E-state index in [2.05, 4.69) is 17.6 Å². The van der Waals surface area contributed by atoms with E-state index in [0.717, 1.165) is 42.9 Å². The summed E-state index contributed by atoms with van der Waals surface area (Å²) >= 11 is 1.81. The molecule has 4 heteroatoms. The standard InChI is InChI=1S/C15H21NO2S/c1-19-10-4-8-16-15(17)13-7-9-18-14-6-3-2-5-12(14)11-13/h2-3,5-6,13H,4,7-11H2,1H3,(H,16,17)/t13-/m0/s1. The Labute approximate surface area is 119 Å². The predicted octanol–water partition coefficient (Wildman–Crippen LogP) is 2.50. The van der Waals surface area contributed by atoms with E-state index in [4.69, 9.17) is 4.74 Å². The fraction of sp³-hybridized carbons (Fsp3) is 0.533. The minimum Gasteiger partial charge on any atom is -0.493 e. The van der Waals surface area contributed by atoms with E-state index in [0.29, 0.717) is 6.61 Å². The molecule has 0 radical (unpaired) electrons. The molecule has 1 N–H and O–H groups in total. The van der Waals surface area contributed by atoms with Crippen molar-refractivity contribution < 1.29 is 9.53 Å². The molecule has 0 bridgehead atoms. The molecule has 0 aliphatic carbocycles. The highest BCUT2D eigenvalue weighted by molar-refractivity contribution is 7.98. The summed E-state index contributed by atoms with van der Waals surface area (Å²) in [5.41, 5.74) is 1.14. The van der Waals surface area contributed by atoms with Crippen LogP contribution in [-0.4, -0.2) is 31.1 Å². The summed E-state index contributed by atoms with van der Waals surface area (Å²) in [6, 6.07) is 8.01. The zero-order valence-electron chi connectivity index (χ0n) is 11.4. The Kier molecular flexibility index (Phi) is 5.58. The van der Waals surface area contributed by atoms with Gasteiger partial charge in [-0.1, -0.05) is 18.2 Å². The quantitative estimate of drug-likeness (QED) is 0.842. The van der Waals surface area contributed by atoms with Crippen LogP contribution in [0.5, 0.6) is 5.75 Å². The molecular formula is C15H21NO2S. The maximum Gasteiger partial charge on any atom is 0.223 e. The van der Waals surface area contributed by atoms with Crippen LogP contribution in [0.2, 0.25) is 0 Å². The molecule has 1 aliphatic rings. The van der Waals surface area contributed by atoms with E-state index in [1.54, 1.807) is 0 Å². The number of rotatable bonds is 5. The Bertz CT molecular complexity index is 422. The van der Waals surface area contributed by atoms with Crippen molar-refractivity contribution in [2.24, 2.45) is 5.92 Å². The Hall–Kier alpha value is -1.16. The molecule has 2 rings (SSSR count). The normalized spacial score (nSPS) is 18.1. The third-order valence-electron chi connectivity index (χ3n) is 3.36. The molecule has 0 saturated heterocycles. The summed E-state index contributed by atoms with van der Waals surface area (Å²) < 4.78 is 5.69. The van der Waals surface area contributed by atoms with Gasteiger partial charge in [-0.2, -0.15) is 11.8 Å². The molecular weight excluding hydrogens is 258 g/mol. The van der Waals surface area contributed by atoms with Gasteiger partial charge in [0.25, 0.3) is 0 Å². The number of carbonyl (C=O) groups excluding carboxylic acids is 1. The lowest BCUT2D eigenvalue weighted by Gasteiger charge is -2.13. The van der Waals surface area contributed by atoms with E-state index >= 15 is 0 Å². The number of amides is 1. The molecule has 1 aliphatic heterocycles. The van der Waals surface area contributed by atoms with Crippen LogP contribution >= 0.6 is 11.8 Å². The molecule has 1 atom stereocenters. The Morgan fingerprint density at radius 2 is 2.32 bits per heavy atom. The largest absolute Gasteiger partial charge is 0.493 e. The highest BCUT2D eigenvalue weighted by atomic mass is 32.2. The number of benzene rings is 1. The van der Waals surface area contributed by atoms with Gasteiger partial charge >= 0.3 is 0 Å². The smallest absolute Gasteiger partial charge is 0.223 e. The highest BCUT2D eigenvalue weighted by Crippen LogP contribution is 2.26. The number of ether oxygens (including phenoxy) is 1. The van der Waals surface area contributed by atoms with Crippen molar-refractivity contribution in [3.05, 3.63) is 29.8 Å². The van der Waals surface area contributed by atoms with Crippen LogP contribution in [0.4, 0.5) is 0 Å². The van der Waals surface area contributed by atoms with Gasteiger partial charge in [-0.3, -0.25) is 4.79 Å². The average Bonchev–Trinajstić information content (AvgIpc) is 2.65. The molecule has 1 aromatic rings. The number of hydrogen-bond donors (Lipinski definition) is 1. The third-order valence-corrected chi connectivity index (χ3v) is 4.05. The van der Waals surface area contributed by atoms with Gasteiger partial charge in [0.15, 0.2) is 0 Å². The summed E-state index contributed by atoms with van der Waals surface area (Å²) in [5, 5.41) is 3.04. The van der Waals surface area contributed by atoms with Crippen molar-refractivity contribution in [3.63, 3.8) is 0 Å². The number of para-hydroxylation sites is 1. The predicted molar refractivity (Wildman–Crippen MR) is 79.8 cm³/mol. The van der Waals surface area contributed by atoms with Crippen LogP contribution in [0.15, 0.2) is 24.3 Å². The van der Waals surface area contributed by atoms with Crippen molar-refractivity contribution >= 4 is 17.7 Å². The van der Waals surface area contributed by atoms with E-state index in [1.165, 1.54) is 0 Å². The van der Waals surface area contributed by atoms with E-state index < -0.39 is 0 Å². The Morgan fingerprint density at radius 1 is 1.47 bits per heavy atom. The molecule has 0 aromatic heterocycles. The van der Waals surface area contributed by atoms with E-state index in [1.807, 2.05) is 30.0 Å². The van der Waals surface area contributed by atoms with Gasteiger partial charge in [0, 0.05) is 12.5 Å². The van der Waals surface area contributed by atoms with Gasteiger partial charge in [-0.25, -0.2) is 0 Å². The van der Waals surface area contributed by atoms with Crippen molar-refractivity contribution in [1.29, 1.82) is 0 Å². The lowest BCUT2D eigenvalue weighted by atomic mass is 9.96. The Balaban J connectivity index is 1.89. The van der Waals surface area contributed by atoms with E-state index in [-0.39, 0.29) is 11.8 Å². The van der Waals surface area contributed by atoms with Gasteiger partial charge in [-0.05, 0) is 42.9 Å². The van der Waals surface area contributed by atoms with Crippen molar-refractivity contribution in [3.8, 4) is 5.75 Å².